The molecule has 0 saturated heterocycles. The van der Waals surface area contributed by atoms with Gasteiger partial charge in [0.15, 0.2) is 0 Å². The molecule has 0 aliphatic carbocycles. The second-order valence-corrected chi connectivity index (χ2v) is 5.88. The Morgan fingerprint density at radius 3 is 2.41 bits per heavy atom. The zero-order valence-electron chi connectivity index (χ0n) is 13.6. The number of amides is 1. The van der Waals surface area contributed by atoms with Crippen molar-refractivity contribution in [2.45, 2.75) is 32.6 Å². The van der Waals surface area contributed by atoms with Gasteiger partial charge >= 0.3 is 5.97 Å². The summed E-state index contributed by atoms with van der Waals surface area (Å²) in [6.45, 7) is 5.51. The highest BCUT2D eigenvalue weighted by molar-refractivity contribution is 5.78. The lowest BCUT2D eigenvalue weighted by molar-refractivity contribution is -0.137. The van der Waals surface area contributed by atoms with Crippen molar-refractivity contribution in [2.24, 2.45) is 0 Å². The van der Waals surface area contributed by atoms with E-state index in [0.717, 1.165) is 6.42 Å². The molecule has 1 amide bonds. The molecule has 0 saturated carbocycles. The van der Waals surface area contributed by atoms with Gasteiger partial charge in [-0.3, -0.25) is 14.5 Å². The molecule has 0 bridgehead atoms. The van der Waals surface area contributed by atoms with E-state index in [1.54, 1.807) is 11.9 Å². The molecular weight excluding hydrogens is 280 g/mol. The summed E-state index contributed by atoms with van der Waals surface area (Å²) in [4.78, 5) is 23.9. The molecule has 0 aromatic heterocycles. The van der Waals surface area contributed by atoms with E-state index in [1.165, 1.54) is 11.1 Å². The van der Waals surface area contributed by atoms with Crippen molar-refractivity contribution in [1.29, 1.82) is 0 Å². The second-order valence-electron chi connectivity index (χ2n) is 5.88. The molecule has 0 atom stereocenters. The number of carboxylic acid groups (broad SMARTS) is 1. The number of nitrogens with one attached hydrogen (secondary N) is 1. The normalized spacial score (nSPS) is 11.0. The highest BCUT2D eigenvalue weighted by Crippen LogP contribution is 2.14. The third kappa shape index (κ3) is 7.22. The standard InChI is InChI=1S/C17H26N2O3/c1-13(2)15-6-4-14(5-7-15)8-10-18-16(20)12-19(3)11-9-17(21)22/h4-7,13H,8-12H2,1-3H3,(H,18,20)(H,21,22). The molecule has 0 heterocycles. The van der Waals surface area contributed by atoms with Crippen molar-refractivity contribution in [3.05, 3.63) is 35.4 Å². The van der Waals surface area contributed by atoms with Crippen molar-refractivity contribution in [1.82, 2.24) is 10.2 Å². The summed E-state index contributed by atoms with van der Waals surface area (Å²) in [6, 6.07) is 8.45. The van der Waals surface area contributed by atoms with Crippen LogP contribution in [0.2, 0.25) is 0 Å². The topological polar surface area (TPSA) is 69.6 Å². The van der Waals surface area contributed by atoms with E-state index in [2.05, 4.69) is 43.4 Å². The number of carbonyl (C=O) groups is 2. The first kappa shape index (κ1) is 18.2. The molecule has 1 aromatic carbocycles. The highest BCUT2D eigenvalue weighted by atomic mass is 16.4. The van der Waals surface area contributed by atoms with E-state index in [9.17, 15) is 9.59 Å². The van der Waals surface area contributed by atoms with E-state index in [4.69, 9.17) is 5.11 Å². The number of carboxylic acids is 1. The average molecular weight is 306 g/mol. The molecule has 0 spiro atoms. The van der Waals surface area contributed by atoms with Gasteiger partial charge < -0.3 is 10.4 Å². The van der Waals surface area contributed by atoms with Crippen LogP contribution in [-0.4, -0.2) is 48.6 Å². The zero-order chi connectivity index (χ0) is 16.5. The zero-order valence-corrected chi connectivity index (χ0v) is 13.6. The van der Waals surface area contributed by atoms with Gasteiger partial charge in [-0.05, 0) is 30.5 Å². The van der Waals surface area contributed by atoms with E-state index >= 15 is 0 Å². The molecule has 5 heteroatoms. The van der Waals surface area contributed by atoms with Crippen LogP contribution in [0.4, 0.5) is 0 Å². The largest absolute Gasteiger partial charge is 0.481 e. The number of benzene rings is 1. The molecule has 0 unspecified atom stereocenters. The monoisotopic (exact) mass is 306 g/mol. The molecular formula is C17H26N2O3. The van der Waals surface area contributed by atoms with Crippen molar-refractivity contribution >= 4 is 11.9 Å². The molecule has 22 heavy (non-hydrogen) atoms. The maximum Gasteiger partial charge on any atom is 0.304 e. The van der Waals surface area contributed by atoms with E-state index in [-0.39, 0.29) is 18.9 Å². The second kappa shape index (κ2) is 9.20. The number of hydrogen-bond donors (Lipinski definition) is 2. The van der Waals surface area contributed by atoms with Crippen LogP contribution in [0.5, 0.6) is 0 Å². The number of aliphatic carboxylic acids is 1. The fourth-order valence-electron chi connectivity index (χ4n) is 2.08. The molecule has 0 aliphatic heterocycles. The summed E-state index contributed by atoms with van der Waals surface area (Å²) >= 11 is 0. The molecule has 122 valence electrons. The lowest BCUT2D eigenvalue weighted by atomic mass is 10.0. The Balaban J connectivity index is 2.25. The van der Waals surface area contributed by atoms with Gasteiger partial charge in [-0.15, -0.1) is 0 Å². The SMILES string of the molecule is CC(C)c1ccc(CCNC(=O)CN(C)CCC(=O)O)cc1. The summed E-state index contributed by atoms with van der Waals surface area (Å²) in [5, 5.41) is 11.4. The van der Waals surface area contributed by atoms with Crippen molar-refractivity contribution in [3.63, 3.8) is 0 Å². The molecule has 0 aliphatic rings. The predicted molar refractivity (Wildman–Crippen MR) is 87.0 cm³/mol. The first-order valence-electron chi connectivity index (χ1n) is 7.64. The van der Waals surface area contributed by atoms with Crippen molar-refractivity contribution in [2.75, 3.05) is 26.7 Å². The number of rotatable bonds is 9. The van der Waals surface area contributed by atoms with Gasteiger partial charge in [-0.1, -0.05) is 38.1 Å². The van der Waals surface area contributed by atoms with Crippen LogP contribution in [-0.2, 0) is 16.0 Å². The Morgan fingerprint density at radius 2 is 1.86 bits per heavy atom. The Kier molecular flexibility index (Phi) is 7.60. The molecule has 1 aromatic rings. The van der Waals surface area contributed by atoms with Crippen LogP contribution >= 0.6 is 0 Å². The van der Waals surface area contributed by atoms with Crippen LogP contribution in [0.1, 0.15) is 37.3 Å². The smallest absolute Gasteiger partial charge is 0.304 e. The number of carbonyl (C=O) groups excluding carboxylic acids is 1. The molecule has 2 N–H and O–H groups in total. The fraction of sp³-hybridized carbons (Fsp3) is 0.529. The van der Waals surface area contributed by atoms with Crippen LogP contribution < -0.4 is 5.32 Å². The summed E-state index contributed by atoms with van der Waals surface area (Å²) in [6.07, 6.45) is 0.842. The summed E-state index contributed by atoms with van der Waals surface area (Å²) in [5.41, 5.74) is 2.51. The van der Waals surface area contributed by atoms with Crippen molar-refractivity contribution < 1.29 is 14.7 Å². The first-order valence-corrected chi connectivity index (χ1v) is 7.64. The molecule has 0 fully saturated rings. The minimum absolute atomic E-state index is 0.0476. The minimum Gasteiger partial charge on any atom is -0.481 e. The maximum absolute atomic E-state index is 11.7. The molecule has 1 rings (SSSR count). The van der Waals surface area contributed by atoms with Gasteiger partial charge in [-0.25, -0.2) is 0 Å². The fourth-order valence-corrected chi connectivity index (χ4v) is 2.08. The minimum atomic E-state index is -0.850. The van der Waals surface area contributed by atoms with Gasteiger partial charge in [0.05, 0.1) is 13.0 Å². The van der Waals surface area contributed by atoms with Crippen LogP contribution in [0.3, 0.4) is 0 Å². The highest BCUT2D eigenvalue weighted by Gasteiger charge is 2.07. The van der Waals surface area contributed by atoms with Gasteiger partial charge in [0.25, 0.3) is 0 Å². The lowest BCUT2D eigenvalue weighted by Crippen LogP contribution is -2.36. The lowest BCUT2D eigenvalue weighted by Gasteiger charge is -2.15. The Morgan fingerprint density at radius 1 is 1.23 bits per heavy atom. The van der Waals surface area contributed by atoms with Crippen LogP contribution in [0, 0.1) is 0 Å². The van der Waals surface area contributed by atoms with E-state index in [1.807, 2.05) is 0 Å². The summed E-state index contributed by atoms with van der Waals surface area (Å²) < 4.78 is 0. The van der Waals surface area contributed by atoms with Gasteiger partial charge in [0.1, 0.15) is 0 Å². The predicted octanol–water partition coefficient (Wildman–Crippen LogP) is 1.88. The van der Waals surface area contributed by atoms with Gasteiger partial charge in [-0.2, -0.15) is 0 Å². The first-order chi connectivity index (χ1) is 10.4. The Hall–Kier alpha value is -1.88. The number of likely N-dealkylation sites (N-methyl/N-ethyl adjacent to an activating group) is 1. The van der Waals surface area contributed by atoms with E-state index < -0.39 is 5.97 Å². The third-order valence-electron chi connectivity index (χ3n) is 3.50. The van der Waals surface area contributed by atoms with Crippen LogP contribution in [0.15, 0.2) is 24.3 Å². The number of hydrogen-bond acceptors (Lipinski definition) is 3. The third-order valence-corrected chi connectivity index (χ3v) is 3.50. The number of nitrogens with zero attached hydrogens (tertiary/aromatic N) is 1. The Bertz CT molecular complexity index is 483. The summed E-state index contributed by atoms with van der Waals surface area (Å²) in [5.74, 6) is -0.404. The van der Waals surface area contributed by atoms with Gasteiger partial charge in [0, 0.05) is 13.1 Å². The summed E-state index contributed by atoms with van der Waals surface area (Å²) in [7, 11) is 1.74. The Labute approximate surface area is 132 Å². The van der Waals surface area contributed by atoms with Crippen LogP contribution in [0.25, 0.3) is 0 Å². The van der Waals surface area contributed by atoms with E-state index in [0.29, 0.717) is 19.0 Å². The average Bonchev–Trinajstić information content (AvgIpc) is 2.45. The maximum atomic E-state index is 11.7. The quantitative estimate of drug-likeness (QED) is 0.731. The van der Waals surface area contributed by atoms with Crippen molar-refractivity contribution in [3.8, 4) is 0 Å². The van der Waals surface area contributed by atoms with Gasteiger partial charge in [0.2, 0.25) is 5.91 Å². The molecule has 5 nitrogen and oxygen atoms in total. The molecule has 0 radical (unpaired) electrons.